The quantitative estimate of drug-likeness (QED) is 0.737. The second-order valence-electron chi connectivity index (χ2n) is 6.46. The normalized spacial score (nSPS) is 21.1. The number of nitrogens with one attached hydrogen (secondary N) is 1. The van der Waals surface area contributed by atoms with Crippen molar-refractivity contribution < 1.29 is 17.6 Å². The van der Waals surface area contributed by atoms with Crippen molar-refractivity contribution in [1.82, 2.24) is 24.6 Å². The number of hydrogen-bond donors (Lipinski definition) is 2. The van der Waals surface area contributed by atoms with Crippen LogP contribution >= 0.6 is 11.6 Å². The number of nitrogens with zero attached hydrogens (tertiary/aromatic N) is 5. The summed E-state index contributed by atoms with van der Waals surface area (Å²) in [5.74, 6) is -0.825. The molecule has 0 saturated carbocycles. The van der Waals surface area contributed by atoms with E-state index < -0.39 is 35.5 Å². The first-order chi connectivity index (χ1) is 13.2. The lowest BCUT2D eigenvalue weighted by atomic mass is 10.0. The lowest BCUT2D eigenvalue weighted by Gasteiger charge is -2.34. The van der Waals surface area contributed by atoms with E-state index in [1.54, 1.807) is 0 Å². The van der Waals surface area contributed by atoms with Gasteiger partial charge in [-0.2, -0.15) is 23.3 Å². The van der Waals surface area contributed by atoms with E-state index in [0.717, 1.165) is 6.20 Å². The van der Waals surface area contributed by atoms with Crippen molar-refractivity contribution in [3.8, 4) is 11.3 Å². The Bertz CT molecular complexity index is 854. The third kappa shape index (κ3) is 3.72. The first kappa shape index (κ1) is 20.6. The number of nitrogens with two attached hydrogens (primary N) is 1. The van der Waals surface area contributed by atoms with Gasteiger partial charge in [0.15, 0.2) is 0 Å². The first-order valence-electron chi connectivity index (χ1n) is 8.69. The van der Waals surface area contributed by atoms with Gasteiger partial charge in [0.2, 0.25) is 5.95 Å². The van der Waals surface area contributed by atoms with Crippen molar-refractivity contribution in [2.24, 2.45) is 0 Å². The summed E-state index contributed by atoms with van der Waals surface area (Å²) >= 11 is 6.33. The highest BCUT2D eigenvalue weighted by Gasteiger charge is 2.40. The fourth-order valence-electron chi connectivity index (χ4n) is 3.38. The smallest absolute Gasteiger partial charge is 0.372 e. The highest BCUT2D eigenvalue weighted by atomic mass is 35.5. The molecule has 2 unspecified atom stereocenters. The molecule has 12 heteroatoms. The standard InChI is InChI=1S/C16H20ClF4N7/c1-3-27-5-4-10(9(18)7-27)28-13(17)8(6-24-28)12-11(16(19,20)21)14(23-2)26-15(22)25-12/h6,9-10H,3-5,7H2,1-2H3,(H3,22,23,25,26). The second-order valence-corrected chi connectivity index (χ2v) is 6.82. The molecule has 2 aromatic heterocycles. The van der Waals surface area contributed by atoms with Crippen LogP contribution in [-0.2, 0) is 6.18 Å². The first-order valence-corrected chi connectivity index (χ1v) is 9.07. The number of halogens is 5. The maximum atomic E-state index is 14.6. The molecular weight excluding hydrogens is 402 g/mol. The summed E-state index contributed by atoms with van der Waals surface area (Å²) in [5, 5.41) is 6.31. The molecule has 154 valence electrons. The van der Waals surface area contributed by atoms with Crippen molar-refractivity contribution in [3.05, 3.63) is 16.9 Å². The van der Waals surface area contributed by atoms with Crippen LogP contribution in [0.3, 0.4) is 0 Å². The monoisotopic (exact) mass is 421 g/mol. The van der Waals surface area contributed by atoms with Crippen LogP contribution < -0.4 is 11.1 Å². The predicted molar refractivity (Wildman–Crippen MR) is 97.9 cm³/mol. The van der Waals surface area contributed by atoms with Gasteiger partial charge in [-0.15, -0.1) is 0 Å². The van der Waals surface area contributed by atoms with Crippen molar-refractivity contribution in [1.29, 1.82) is 0 Å². The van der Waals surface area contributed by atoms with Gasteiger partial charge in [0, 0.05) is 20.1 Å². The minimum absolute atomic E-state index is 0.0790. The molecule has 0 radical (unpaired) electrons. The Kier molecular flexibility index (Phi) is 5.67. The topological polar surface area (TPSA) is 84.9 Å². The van der Waals surface area contributed by atoms with Crippen molar-refractivity contribution >= 4 is 23.4 Å². The largest absolute Gasteiger partial charge is 0.422 e. The highest BCUT2D eigenvalue weighted by molar-refractivity contribution is 6.32. The Labute approximate surface area is 163 Å². The molecule has 0 aromatic carbocycles. The van der Waals surface area contributed by atoms with Gasteiger partial charge >= 0.3 is 6.18 Å². The molecule has 3 N–H and O–H groups in total. The molecule has 1 fully saturated rings. The van der Waals surface area contributed by atoms with E-state index in [-0.39, 0.29) is 23.2 Å². The zero-order valence-electron chi connectivity index (χ0n) is 15.3. The van der Waals surface area contributed by atoms with Crippen molar-refractivity contribution in [2.45, 2.75) is 31.7 Å². The SMILES string of the molecule is CCN1CCC(n2ncc(-c3nc(N)nc(NC)c3C(F)(F)F)c2Cl)C(F)C1. The van der Waals surface area contributed by atoms with Crippen LogP contribution in [0.5, 0.6) is 0 Å². The number of aromatic nitrogens is 4. The average Bonchev–Trinajstić information content (AvgIpc) is 3.00. The molecule has 2 aromatic rings. The van der Waals surface area contributed by atoms with E-state index in [1.807, 2.05) is 11.8 Å². The number of rotatable bonds is 4. The summed E-state index contributed by atoms with van der Waals surface area (Å²) in [5.41, 5.74) is 3.89. The zero-order valence-corrected chi connectivity index (χ0v) is 16.0. The van der Waals surface area contributed by atoms with Gasteiger partial charge in [0.1, 0.15) is 22.7 Å². The number of piperidine rings is 1. The Morgan fingerprint density at radius 1 is 1.36 bits per heavy atom. The van der Waals surface area contributed by atoms with Crippen LogP contribution in [0.2, 0.25) is 5.15 Å². The van der Waals surface area contributed by atoms with Crippen molar-refractivity contribution in [2.75, 3.05) is 37.7 Å². The van der Waals surface area contributed by atoms with Crippen molar-refractivity contribution in [3.63, 3.8) is 0 Å². The van der Waals surface area contributed by atoms with E-state index in [0.29, 0.717) is 19.5 Å². The van der Waals surface area contributed by atoms with E-state index in [1.165, 1.54) is 11.7 Å². The summed E-state index contributed by atoms with van der Waals surface area (Å²) in [6, 6.07) is -0.665. The molecule has 1 saturated heterocycles. The van der Waals surface area contributed by atoms with E-state index in [4.69, 9.17) is 17.3 Å². The van der Waals surface area contributed by atoms with Crippen LogP contribution in [0, 0.1) is 0 Å². The Balaban J connectivity index is 2.07. The number of likely N-dealkylation sites (tertiary alicyclic amines) is 1. The minimum atomic E-state index is -4.76. The third-order valence-electron chi connectivity index (χ3n) is 4.79. The van der Waals surface area contributed by atoms with E-state index >= 15 is 0 Å². The fourth-order valence-corrected chi connectivity index (χ4v) is 3.69. The highest BCUT2D eigenvalue weighted by Crippen LogP contribution is 2.43. The predicted octanol–water partition coefficient (Wildman–Crippen LogP) is 3.24. The zero-order chi connectivity index (χ0) is 20.6. The molecule has 1 aliphatic rings. The minimum Gasteiger partial charge on any atom is -0.372 e. The Hall–Kier alpha value is -2.14. The molecule has 1 aliphatic heterocycles. The molecule has 28 heavy (non-hydrogen) atoms. The molecule has 3 rings (SSSR count). The van der Waals surface area contributed by atoms with Gasteiger partial charge < -0.3 is 16.0 Å². The second kappa shape index (κ2) is 7.70. The number of nitrogen functional groups attached to an aromatic ring is 1. The third-order valence-corrected chi connectivity index (χ3v) is 5.17. The lowest BCUT2D eigenvalue weighted by Crippen LogP contribution is -2.42. The van der Waals surface area contributed by atoms with Gasteiger partial charge in [-0.3, -0.25) is 0 Å². The van der Waals surface area contributed by atoms with E-state index in [2.05, 4.69) is 20.4 Å². The number of anilines is 2. The summed E-state index contributed by atoms with van der Waals surface area (Å²) in [6.45, 7) is 3.51. The number of hydrogen-bond acceptors (Lipinski definition) is 6. The van der Waals surface area contributed by atoms with Gasteiger partial charge in [-0.25, -0.2) is 14.1 Å². The molecule has 3 heterocycles. The summed E-state index contributed by atoms with van der Waals surface area (Å²) in [6.07, 6.45) is -4.42. The molecule has 0 aliphatic carbocycles. The number of alkyl halides is 4. The maximum absolute atomic E-state index is 14.6. The molecule has 7 nitrogen and oxygen atoms in total. The molecule has 0 amide bonds. The summed E-state index contributed by atoms with van der Waals surface area (Å²) < 4.78 is 56.8. The Morgan fingerprint density at radius 2 is 2.07 bits per heavy atom. The van der Waals surface area contributed by atoms with Gasteiger partial charge in [0.25, 0.3) is 0 Å². The van der Waals surface area contributed by atoms with Crippen LogP contribution in [-0.4, -0.2) is 57.5 Å². The summed E-state index contributed by atoms with van der Waals surface area (Å²) in [7, 11) is 1.29. The lowest BCUT2D eigenvalue weighted by molar-refractivity contribution is -0.136. The van der Waals surface area contributed by atoms with Gasteiger partial charge in [-0.05, 0) is 13.0 Å². The van der Waals surface area contributed by atoms with Crippen LogP contribution in [0.25, 0.3) is 11.3 Å². The van der Waals surface area contributed by atoms with Crippen LogP contribution in [0.1, 0.15) is 24.9 Å². The van der Waals surface area contributed by atoms with Gasteiger partial charge in [-0.1, -0.05) is 18.5 Å². The maximum Gasteiger partial charge on any atom is 0.422 e. The molecule has 0 bridgehead atoms. The molecule has 0 spiro atoms. The van der Waals surface area contributed by atoms with Crippen LogP contribution in [0.15, 0.2) is 6.20 Å². The molecular formula is C16H20ClF4N7. The van der Waals surface area contributed by atoms with Crippen LogP contribution in [0.4, 0.5) is 29.3 Å². The molecule has 2 atom stereocenters. The Morgan fingerprint density at radius 3 is 2.64 bits per heavy atom. The van der Waals surface area contributed by atoms with E-state index in [9.17, 15) is 17.6 Å². The fraction of sp³-hybridized carbons (Fsp3) is 0.562. The summed E-state index contributed by atoms with van der Waals surface area (Å²) in [4.78, 5) is 9.30. The average molecular weight is 422 g/mol. The van der Waals surface area contributed by atoms with Gasteiger partial charge in [0.05, 0.1) is 23.5 Å².